The summed E-state index contributed by atoms with van der Waals surface area (Å²) in [5, 5.41) is 1.04. The highest BCUT2D eigenvalue weighted by Gasteiger charge is 2.30. The van der Waals surface area contributed by atoms with Gasteiger partial charge in [-0.05, 0) is 117 Å². The summed E-state index contributed by atoms with van der Waals surface area (Å²) in [5.41, 5.74) is 5.17. The molecule has 242 valence electrons. The Bertz CT molecular complexity index is 1530. The molecule has 3 aromatic carbocycles. The van der Waals surface area contributed by atoms with Crippen molar-refractivity contribution in [2.45, 2.75) is 61.7 Å². The Labute approximate surface area is 280 Å². The molecule has 0 bridgehead atoms. The molecule has 1 amide bonds. The van der Waals surface area contributed by atoms with Crippen LogP contribution in [0.2, 0.25) is 10.0 Å². The molecule has 2 aliphatic rings. The Morgan fingerprint density at radius 3 is 2.44 bits per heavy atom. The highest BCUT2D eigenvalue weighted by Crippen LogP contribution is 2.40. The third-order valence-electron chi connectivity index (χ3n) is 9.51. The van der Waals surface area contributed by atoms with Gasteiger partial charge >= 0.3 is 0 Å². The van der Waals surface area contributed by atoms with Gasteiger partial charge in [-0.3, -0.25) is 9.00 Å². The molecule has 6 nitrogen and oxygen atoms in total. The number of amides is 1. The molecule has 0 aromatic heterocycles. The van der Waals surface area contributed by atoms with Gasteiger partial charge in [-0.25, -0.2) is 0 Å². The number of aryl methyl sites for hydroxylation is 1. The fraction of sp³-hybridized carbons (Fsp3) is 0.472. The fourth-order valence-corrected chi connectivity index (χ4v) is 8.20. The summed E-state index contributed by atoms with van der Waals surface area (Å²) in [4.78, 5) is 19.5. The van der Waals surface area contributed by atoms with E-state index in [2.05, 4.69) is 17.0 Å². The van der Waals surface area contributed by atoms with Gasteiger partial charge in [-0.1, -0.05) is 47.5 Å². The number of hydrogen-bond donors (Lipinski definition) is 0. The number of likely N-dealkylation sites (N-methyl/N-ethyl adjacent to an activating group) is 1. The summed E-state index contributed by atoms with van der Waals surface area (Å²) in [7, 11) is 4.11. The van der Waals surface area contributed by atoms with E-state index >= 15 is 0 Å². The minimum Gasteiger partial charge on any atom is -0.493 e. The molecule has 2 atom stereocenters. The van der Waals surface area contributed by atoms with Crippen LogP contribution in [-0.4, -0.2) is 73.6 Å². The first-order chi connectivity index (χ1) is 21.7. The summed E-state index contributed by atoms with van der Waals surface area (Å²) in [5.74, 6) is 1.54. The molecule has 1 aliphatic heterocycles. The first-order valence-corrected chi connectivity index (χ1v) is 18.1. The van der Waals surface area contributed by atoms with Crippen LogP contribution in [0.15, 0.2) is 53.4 Å². The molecule has 1 saturated heterocycles. The number of fused-ring (bicyclic) bond motifs is 1. The number of piperidine rings is 1. The van der Waals surface area contributed by atoms with Crippen LogP contribution >= 0.6 is 23.2 Å². The molecular weight excluding hydrogens is 627 g/mol. The summed E-state index contributed by atoms with van der Waals surface area (Å²) < 4.78 is 23.8. The van der Waals surface area contributed by atoms with Crippen LogP contribution in [0.3, 0.4) is 0 Å². The van der Waals surface area contributed by atoms with Crippen LogP contribution in [0.25, 0.3) is 0 Å². The number of methoxy groups -OCH3 is 2. The third kappa shape index (κ3) is 7.70. The van der Waals surface area contributed by atoms with Crippen LogP contribution in [0.4, 0.5) is 0 Å². The number of benzene rings is 3. The Morgan fingerprint density at radius 1 is 1.02 bits per heavy atom. The summed E-state index contributed by atoms with van der Waals surface area (Å²) in [6.07, 6.45) is 8.64. The molecule has 9 heteroatoms. The van der Waals surface area contributed by atoms with Gasteiger partial charge in [-0.2, -0.15) is 0 Å². The van der Waals surface area contributed by atoms with Gasteiger partial charge in [0.15, 0.2) is 11.5 Å². The minimum absolute atomic E-state index is 0.0539. The zero-order chi connectivity index (χ0) is 32.1. The van der Waals surface area contributed by atoms with Gasteiger partial charge in [0, 0.05) is 30.7 Å². The highest BCUT2D eigenvalue weighted by atomic mass is 35.5. The van der Waals surface area contributed by atoms with Crippen LogP contribution in [-0.2, 0) is 23.6 Å². The van der Waals surface area contributed by atoms with Gasteiger partial charge in [0.2, 0.25) is 0 Å². The molecular formula is C36H44Cl2N2O4S. The average Bonchev–Trinajstić information content (AvgIpc) is 3.06. The number of likely N-dealkylation sites (tertiary alicyclic amines) is 1. The van der Waals surface area contributed by atoms with Gasteiger partial charge < -0.3 is 19.3 Å². The summed E-state index contributed by atoms with van der Waals surface area (Å²) in [6.45, 7) is 3.38. The number of ether oxygens (including phenoxy) is 2. The Kier molecular flexibility index (Phi) is 11.5. The lowest BCUT2D eigenvalue weighted by Crippen LogP contribution is -2.36. The summed E-state index contributed by atoms with van der Waals surface area (Å²) >= 11 is 12.8. The topological polar surface area (TPSA) is 59.1 Å². The third-order valence-corrected chi connectivity index (χ3v) is 11.2. The second-order valence-corrected chi connectivity index (χ2v) is 14.4. The van der Waals surface area contributed by atoms with Crippen molar-refractivity contribution in [3.63, 3.8) is 0 Å². The maximum atomic E-state index is 14.2. The number of carbonyl (C=O) groups excluding carboxylic acids is 1. The van der Waals surface area contributed by atoms with Gasteiger partial charge in [0.05, 0.1) is 40.6 Å². The van der Waals surface area contributed by atoms with Crippen molar-refractivity contribution in [3.05, 3.63) is 86.4 Å². The van der Waals surface area contributed by atoms with Crippen LogP contribution in [0.5, 0.6) is 11.5 Å². The molecule has 0 radical (unpaired) electrons. The van der Waals surface area contributed by atoms with Crippen LogP contribution in [0.1, 0.15) is 76.6 Å². The normalized spacial score (nSPS) is 16.9. The van der Waals surface area contributed by atoms with E-state index in [0.29, 0.717) is 39.6 Å². The van der Waals surface area contributed by atoms with Gasteiger partial charge in [0.25, 0.3) is 5.91 Å². The van der Waals surface area contributed by atoms with E-state index < -0.39 is 10.8 Å². The molecule has 1 aliphatic carbocycles. The monoisotopic (exact) mass is 670 g/mol. The Morgan fingerprint density at radius 2 is 1.76 bits per heavy atom. The zero-order valence-electron chi connectivity index (χ0n) is 26.7. The molecule has 3 aromatic rings. The number of nitrogens with zero attached hydrogens (tertiary/aromatic N) is 2. The number of rotatable bonds is 11. The van der Waals surface area contributed by atoms with Gasteiger partial charge in [0.1, 0.15) is 0 Å². The van der Waals surface area contributed by atoms with E-state index in [1.54, 1.807) is 20.5 Å². The largest absolute Gasteiger partial charge is 0.493 e. The van der Waals surface area contributed by atoms with Crippen LogP contribution in [0, 0.1) is 0 Å². The second-order valence-electron chi connectivity index (χ2n) is 12.3. The Hall–Kier alpha value is -2.58. The SMILES string of the molecule is COc1cc2c(c(C(=O)N(C)CC(CCN3CCC(c4ccccc4S(C)=O)CC3)c3ccc(Cl)c(Cl)c3)c1OC)CCCC2. The fourth-order valence-electron chi connectivity index (χ4n) is 7.06. The molecule has 1 fully saturated rings. The highest BCUT2D eigenvalue weighted by molar-refractivity contribution is 7.84. The maximum absolute atomic E-state index is 14.2. The van der Waals surface area contributed by atoms with Crippen LogP contribution < -0.4 is 9.47 Å². The van der Waals surface area contributed by atoms with E-state index in [4.69, 9.17) is 32.7 Å². The molecule has 45 heavy (non-hydrogen) atoms. The molecule has 0 spiro atoms. The second kappa shape index (κ2) is 15.3. The predicted molar refractivity (Wildman–Crippen MR) is 184 cm³/mol. The summed E-state index contributed by atoms with van der Waals surface area (Å²) in [6, 6.07) is 16.0. The van der Waals surface area contributed by atoms with Gasteiger partial charge in [-0.15, -0.1) is 0 Å². The first kappa shape index (κ1) is 33.8. The Balaban J connectivity index is 1.33. The first-order valence-electron chi connectivity index (χ1n) is 15.8. The standard InChI is InChI=1S/C36H44Cl2N2O4S/c1-39(36(41)34-29-11-6-5-9-26(29)22-32(43-2)35(34)44-3)23-27(25-13-14-30(37)31(38)21-25)17-20-40-18-15-24(16-19-40)28-10-7-8-12-33(28)45(4)42/h7-8,10,12-14,21-22,24,27H,5-6,9,11,15-20,23H2,1-4H3. The van der Waals surface area contributed by atoms with Crippen molar-refractivity contribution in [1.82, 2.24) is 9.80 Å². The van der Waals surface area contributed by atoms with Crippen molar-refractivity contribution in [3.8, 4) is 11.5 Å². The number of hydrogen-bond acceptors (Lipinski definition) is 5. The predicted octanol–water partition coefficient (Wildman–Crippen LogP) is 7.75. The molecule has 0 saturated carbocycles. The lowest BCUT2D eigenvalue weighted by molar-refractivity contribution is 0.0776. The number of carbonyl (C=O) groups is 1. The molecule has 2 unspecified atom stereocenters. The quantitative estimate of drug-likeness (QED) is 0.209. The van der Waals surface area contributed by atoms with Crippen molar-refractivity contribution >= 4 is 39.9 Å². The molecule has 5 rings (SSSR count). The molecule has 1 heterocycles. The van der Waals surface area contributed by atoms with E-state index in [1.165, 1.54) is 11.1 Å². The van der Waals surface area contributed by atoms with E-state index in [9.17, 15) is 9.00 Å². The van der Waals surface area contributed by atoms with Crippen molar-refractivity contribution in [2.75, 3.05) is 53.7 Å². The maximum Gasteiger partial charge on any atom is 0.257 e. The lowest BCUT2D eigenvalue weighted by Gasteiger charge is -2.34. The van der Waals surface area contributed by atoms with Crippen molar-refractivity contribution in [2.24, 2.45) is 0 Å². The van der Waals surface area contributed by atoms with Crippen molar-refractivity contribution in [1.29, 1.82) is 0 Å². The van der Waals surface area contributed by atoms with E-state index in [1.807, 2.05) is 48.3 Å². The van der Waals surface area contributed by atoms with E-state index in [-0.39, 0.29) is 11.8 Å². The smallest absolute Gasteiger partial charge is 0.257 e. The number of halogens is 2. The minimum atomic E-state index is -0.995. The lowest BCUT2D eigenvalue weighted by atomic mass is 9.86. The molecule has 0 N–H and O–H groups in total. The van der Waals surface area contributed by atoms with E-state index in [0.717, 1.165) is 80.6 Å². The van der Waals surface area contributed by atoms with Crippen molar-refractivity contribution < 1.29 is 18.5 Å². The average molecular weight is 672 g/mol. The zero-order valence-corrected chi connectivity index (χ0v) is 29.1.